The smallest absolute Gasteiger partial charge is 0.360 e. The molecule has 108 valence electrons. The predicted molar refractivity (Wildman–Crippen MR) is 68.3 cm³/mol. The molecule has 0 aliphatic carbocycles. The van der Waals surface area contributed by atoms with Crippen LogP contribution < -0.4 is 0 Å². The Morgan fingerprint density at radius 1 is 1.30 bits per heavy atom. The highest BCUT2D eigenvalue weighted by atomic mass is 35.5. The molecule has 0 N–H and O–H groups in total. The summed E-state index contributed by atoms with van der Waals surface area (Å²) in [4.78, 5) is 11.7. The maximum atomic E-state index is 11.7. The van der Waals surface area contributed by atoms with Gasteiger partial charge in [0.1, 0.15) is 6.54 Å². The average Bonchev–Trinajstić information content (AvgIpc) is 3.05. The molecule has 0 spiro atoms. The number of halogens is 1. The van der Waals surface area contributed by atoms with Gasteiger partial charge in [-0.15, -0.1) is 26.9 Å². The maximum Gasteiger partial charge on any atom is 0.360 e. The van der Waals surface area contributed by atoms with E-state index >= 15 is 0 Å². The van der Waals surface area contributed by atoms with Crippen molar-refractivity contribution in [3.63, 3.8) is 0 Å². The van der Waals surface area contributed by atoms with Gasteiger partial charge in [0.25, 0.3) is 0 Å². The van der Waals surface area contributed by atoms with E-state index in [9.17, 15) is 4.79 Å². The van der Waals surface area contributed by atoms with Crippen LogP contribution in [0, 0.1) is 0 Å². The highest BCUT2D eigenvalue weighted by Gasteiger charge is 2.21. The Balaban J connectivity index is 2.21. The number of aromatic nitrogens is 5. The first kappa shape index (κ1) is 14.4. The molecule has 2 heterocycles. The maximum absolute atomic E-state index is 11.7. The van der Waals surface area contributed by atoms with Crippen LogP contribution in [0.3, 0.4) is 0 Å². The van der Waals surface area contributed by atoms with E-state index in [1.807, 2.05) is 6.92 Å². The van der Waals surface area contributed by atoms with E-state index in [1.165, 1.54) is 4.68 Å². The van der Waals surface area contributed by atoms with Crippen LogP contribution in [0.1, 0.15) is 41.8 Å². The van der Waals surface area contributed by atoms with Crippen LogP contribution >= 0.6 is 11.6 Å². The normalized spacial score (nSPS) is 10.8. The summed E-state index contributed by atoms with van der Waals surface area (Å²) in [5, 5.41) is 15.4. The van der Waals surface area contributed by atoms with Crippen molar-refractivity contribution in [2.75, 3.05) is 6.61 Å². The van der Waals surface area contributed by atoms with Crippen LogP contribution in [0.2, 0.25) is 0 Å². The van der Waals surface area contributed by atoms with Gasteiger partial charge in [0, 0.05) is 6.42 Å². The highest BCUT2D eigenvalue weighted by Crippen LogP contribution is 2.12. The van der Waals surface area contributed by atoms with E-state index in [0.29, 0.717) is 23.9 Å². The lowest BCUT2D eigenvalue weighted by molar-refractivity contribution is 0.0518. The van der Waals surface area contributed by atoms with Crippen molar-refractivity contribution in [3.8, 4) is 0 Å². The fourth-order valence-corrected chi connectivity index (χ4v) is 1.84. The zero-order valence-electron chi connectivity index (χ0n) is 11.2. The molecule has 0 bridgehead atoms. The molecule has 0 saturated carbocycles. The van der Waals surface area contributed by atoms with Crippen LogP contribution in [0.15, 0.2) is 4.42 Å². The molecule has 0 aliphatic heterocycles. The zero-order chi connectivity index (χ0) is 14.5. The van der Waals surface area contributed by atoms with Crippen LogP contribution in [0.4, 0.5) is 0 Å². The Morgan fingerprint density at radius 2 is 2.05 bits per heavy atom. The second-order valence-electron chi connectivity index (χ2n) is 3.84. The summed E-state index contributed by atoms with van der Waals surface area (Å²) < 4.78 is 11.7. The molecule has 9 heteroatoms. The van der Waals surface area contributed by atoms with Crippen LogP contribution in [0.25, 0.3) is 0 Å². The van der Waals surface area contributed by atoms with Crippen LogP contribution in [0.5, 0.6) is 0 Å². The van der Waals surface area contributed by atoms with Crippen molar-refractivity contribution in [1.29, 1.82) is 0 Å². The molecule has 0 atom stereocenters. The summed E-state index contributed by atoms with van der Waals surface area (Å²) in [5.74, 6) is 0.455. The average molecular weight is 300 g/mol. The second-order valence-corrected chi connectivity index (χ2v) is 4.11. The molecular formula is C11H14ClN5O3. The third-order valence-corrected chi connectivity index (χ3v) is 2.78. The van der Waals surface area contributed by atoms with Crippen LogP contribution in [-0.4, -0.2) is 37.8 Å². The fourth-order valence-electron chi connectivity index (χ4n) is 1.57. The van der Waals surface area contributed by atoms with Gasteiger partial charge in [-0.2, -0.15) is 0 Å². The first-order valence-electron chi connectivity index (χ1n) is 6.16. The number of hydrogen-bond acceptors (Lipinski definition) is 7. The monoisotopic (exact) mass is 299 g/mol. The molecule has 0 unspecified atom stereocenters. The van der Waals surface area contributed by atoms with Gasteiger partial charge in [0.05, 0.1) is 18.2 Å². The summed E-state index contributed by atoms with van der Waals surface area (Å²) in [7, 11) is 0. The minimum atomic E-state index is -0.547. The molecule has 0 saturated heterocycles. The Labute approximate surface area is 120 Å². The predicted octanol–water partition coefficient (Wildman–Crippen LogP) is 1.19. The van der Waals surface area contributed by atoms with Crippen LogP contribution in [-0.2, 0) is 23.6 Å². The molecule has 2 aromatic heterocycles. The Hall–Kier alpha value is -1.96. The Bertz CT molecular complexity index is 595. The Morgan fingerprint density at radius 3 is 2.65 bits per heavy atom. The lowest BCUT2D eigenvalue weighted by Crippen LogP contribution is -2.10. The first-order valence-corrected chi connectivity index (χ1v) is 6.69. The van der Waals surface area contributed by atoms with Gasteiger partial charge < -0.3 is 9.15 Å². The lowest BCUT2D eigenvalue weighted by atomic mass is 10.3. The van der Waals surface area contributed by atoms with Gasteiger partial charge in [-0.05, 0) is 6.92 Å². The van der Waals surface area contributed by atoms with E-state index in [0.717, 1.165) is 0 Å². The lowest BCUT2D eigenvalue weighted by Gasteiger charge is -2.02. The van der Waals surface area contributed by atoms with Crippen molar-refractivity contribution in [1.82, 2.24) is 25.2 Å². The number of alkyl halides is 1. The molecule has 2 aromatic rings. The van der Waals surface area contributed by atoms with Gasteiger partial charge in [-0.25, -0.2) is 9.48 Å². The highest BCUT2D eigenvalue weighted by molar-refractivity contribution is 6.17. The zero-order valence-corrected chi connectivity index (χ0v) is 11.9. The minimum absolute atomic E-state index is 0.0793. The number of esters is 1. The van der Waals surface area contributed by atoms with Gasteiger partial charge in [0.15, 0.2) is 5.69 Å². The van der Waals surface area contributed by atoms with E-state index in [4.69, 9.17) is 20.8 Å². The van der Waals surface area contributed by atoms with Crippen molar-refractivity contribution >= 4 is 17.6 Å². The number of carbonyl (C=O) groups is 1. The second kappa shape index (κ2) is 6.47. The summed E-state index contributed by atoms with van der Waals surface area (Å²) in [6.45, 7) is 4.10. The number of carbonyl (C=O) groups excluding carboxylic acids is 1. The summed E-state index contributed by atoms with van der Waals surface area (Å²) in [6, 6.07) is 0. The molecular weight excluding hydrogens is 286 g/mol. The summed E-state index contributed by atoms with van der Waals surface area (Å²) in [6.07, 6.45) is 0.654. The number of hydrogen-bond donors (Lipinski definition) is 0. The molecule has 0 aliphatic rings. The topological polar surface area (TPSA) is 95.9 Å². The number of ether oxygens (including phenoxy) is 1. The standard InChI is InChI=1S/C11H14ClN5O3/c1-3-8-13-14-9(20-8)6-17-7(5-12)10(15-16-17)11(18)19-4-2/h3-6H2,1-2H3. The third-order valence-electron chi connectivity index (χ3n) is 2.53. The van der Waals surface area contributed by atoms with Crippen molar-refractivity contribution < 1.29 is 13.9 Å². The Kier molecular flexibility index (Phi) is 4.67. The van der Waals surface area contributed by atoms with E-state index in [2.05, 4.69) is 20.5 Å². The van der Waals surface area contributed by atoms with E-state index < -0.39 is 5.97 Å². The van der Waals surface area contributed by atoms with Gasteiger partial charge in [-0.3, -0.25) is 0 Å². The molecule has 0 fully saturated rings. The van der Waals surface area contributed by atoms with E-state index in [-0.39, 0.29) is 24.7 Å². The van der Waals surface area contributed by atoms with Gasteiger partial charge in [-0.1, -0.05) is 12.1 Å². The fraction of sp³-hybridized carbons (Fsp3) is 0.545. The molecule has 0 aromatic carbocycles. The minimum Gasteiger partial charge on any atom is -0.461 e. The quantitative estimate of drug-likeness (QED) is 0.584. The largest absolute Gasteiger partial charge is 0.461 e. The SMILES string of the molecule is CCOC(=O)c1nnn(Cc2nnc(CC)o2)c1CCl. The van der Waals surface area contributed by atoms with Crippen molar-refractivity contribution in [2.45, 2.75) is 32.7 Å². The molecule has 20 heavy (non-hydrogen) atoms. The van der Waals surface area contributed by atoms with Gasteiger partial charge in [0.2, 0.25) is 11.8 Å². The van der Waals surface area contributed by atoms with E-state index in [1.54, 1.807) is 6.92 Å². The number of rotatable bonds is 6. The van der Waals surface area contributed by atoms with Crippen molar-refractivity contribution in [2.24, 2.45) is 0 Å². The summed E-state index contributed by atoms with van der Waals surface area (Å²) in [5.41, 5.74) is 0.568. The third kappa shape index (κ3) is 2.96. The van der Waals surface area contributed by atoms with Crippen molar-refractivity contribution in [3.05, 3.63) is 23.2 Å². The molecule has 0 radical (unpaired) electrons. The molecule has 2 rings (SSSR count). The summed E-state index contributed by atoms with van der Waals surface area (Å²) >= 11 is 5.85. The first-order chi connectivity index (χ1) is 9.69. The molecule has 8 nitrogen and oxygen atoms in total. The van der Waals surface area contributed by atoms with Gasteiger partial charge >= 0.3 is 5.97 Å². The number of aryl methyl sites for hydroxylation is 1. The molecule has 0 amide bonds. The number of nitrogens with zero attached hydrogens (tertiary/aromatic N) is 5.